The lowest BCUT2D eigenvalue weighted by molar-refractivity contribution is -0.122. The number of morpholine rings is 1. The molecule has 0 saturated carbocycles. The fourth-order valence-electron chi connectivity index (χ4n) is 4.52. The van der Waals surface area contributed by atoms with E-state index in [0.717, 1.165) is 12.8 Å². The molecule has 12 heteroatoms. The highest BCUT2D eigenvalue weighted by atomic mass is 32.2. The van der Waals surface area contributed by atoms with Crippen molar-refractivity contribution in [1.82, 2.24) is 9.62 Å². The molecule has 2 unspecified atom stereocenters. The van der Waals surface area contributed by atoms with Crippen molar-refractivity contribution in [1.29, 1.82) is 0 Å². The maximum atomic E-state index is 13.4. The maximum absolute atomic E-state index is 13.4. The SMILES string of the molecule is COc1cc(C(Nc2ccc(S(=O)(=O)N3CCOCC3)cc2)C(=O)NCC2CCCO2)cc(OC)c1OC. The Labute approximate surface area is 223 Å². The van der Waals surface area contributed by atoms with Gasteiger partial charge in [-0.25, -0.2) is 8.42 Å². The number of carbonyl (C=O) groups excluding carboxylic acids is 1. The quantitative estimate of drug-likeness (QED) is 0.434. The summed E-state index contributed by atoms with van der Waals surface area (Å²) < 4.78 is 54.7. The van der Waals surface area contributed by atoms with Gasteiger partial charge in [0, 0.05) is 31.9 Å². The lowest BCUT2D eigenvalue weighted by Crippen LogP contribution is -2.40. The first-order chi connectivity index (χ1) is 18.4. The van der Waals surface area contributed by atoms with Crippen molar-refractivity contribution in [3.05, 3.63) is 42.0 Å². The monoisotopic (exact) mass is 549 g/mol. The average molecular weight is 550 g/mol. The van der Waals surface area contributed by atoms with Crippen molar-refractivity contribution < 1.29 is 36.9 Å². The van der Waals surface area contributed by atoms with Crippen molar-refractivity contribution in [2.24, 2.45) is 0 Å². The van der Waals surface area contributed by atoms with Crippen molar-refractivity contribution >= 4 is 21.6 Å². The molecule has 2 aromatic carbocycles. The zero-order chi connectivity index (χ0) is 27.1. The van der Waals surface area contributed by atoms with Crippen LogP contribution >= 0.6 is 0 Å². The van der Waals surface area contributed by atoms with E-state index in [1.807, 2.05) is 0 Å². The average Bonchev–Trinajstić information content (AvgIpc) is 3.48. The van der Waals surface area contributed by atoms with Crippen LogP contribution in [0.15, 0.2) is 41.3 Å². The van der Waals surface area contributed by atoms with E-state index in [1.165, 1.54) is 37.8 Å². The largest absolute Gasteiger partial charge is 0.493 e. The summed E-state index contributed by atoms with van der Waals surface area (Å²) in [7, 11) is 0.894. The molecule has 11 nitrogen and oxygen atoms in total. The Morgan fingerprint density at radius 1 is 1.03 bits per heavy atom. The summed E-state index contributed by atoms with van der Waals surface area (Å²) >= 11 is 0. The normalized spacial score (nSPS) is 19.0. The molecular formula is C26H35N3O8S. The van der Waals surface area contributed by atoms with Gasteiger partial charge in [-0.3, -0.25) is 4.79 Å². The number of benzene rings is 2. The van der Waals surface area contributed by atoms with Crippen LogP contribution < -0.4 is 24.8 Å². The van der Waals surface area contributed by atoms with Crippen LogP contribution in [-0.2, 0) is 24.3 Å². The van der Waals surface area contributed by atoms with Gasteiger partial charge in [-0.05, 0) is 54.8 Å². The smallest absolute Gasteiger partial charge is 0.247 e. The first kappa shape index (κ1) is 28.0. The second-order valence-corrected chi connectivity index (χ2v) is 10.9. The van der Waals surface area contributed by atoms with Crippen LogP contribution in [0.1, 0.15) is 24.4 Å². The Morgan fingerprint density at radius 3 is 2.24 bits per heavy atom. The number of sulfonamides is 1. The van der Waals surface area contributed by atoms with Crippen molar-refractivity contribution in [2.45, 2.75) is 29.9 Å². The van der Waals surface area contributed by atoms with E-state index in [0.29, 0.717) is 68.0 Å². The third kappa shape index (κ3) is 6.32. The topological polar surface area (TPSA) is 125 Å². The Balaban J connectivity index is 1.60. The zero-order valence-electron chi connectivity index (χ0n) is 21.9. The molecule has 2 aliphatic rings. The van der Waals surface area contributed by atoms with E-state index in [1.54, 1.807) is 24.3 Å². The first-order valence-corrected chi connectivity index (χ1v) is 13.9. The molecular weight excluding hydrogens is 514 g/mol. The van der Waals surface area contributed by atoms with Crippen molar-refractivity contribution in [2.75, 3.05) is 66.1 Å². The van der Waals surface area contributed by atoms with Gasteiger partial charge in [0.2, 0.25) is 21.7 Å². The fourth-order valence-corrected chi connectivity index (χ4v) is 5.92. The second kappa shape index (κ2) is 12.7. The highest BCUT2D eigenvalue weighted by molar-refractivity contribution is 7.89. The highest BCUT2D eigenvalue weighted by Gasteiger charge is 2.28. The minimum Gasteiger partial charge on any atom is -0.493 e. The number of amides is 1. The molecule has 0 bridgehead atoms. The minimum absolute atomic E-state index is 0.0239. The van der Waals surface area contributed by atoms with Crippen LogP contribution in [0, 0.1) is 0 Å². The summed E-state index contributed by atoms with van der Waals surface area (Å²) in [6, 6.07) is 8.93. The van der Waals surface area contributed by atoms with Crippen LogP contribution in [-0.4, -0.2) is 85.5 Å². The molecule has 2 aliphatic heterocycles. The fraction of sp³-hybridized carbons (Fsp3) is 0.500. The van der Waals surface area contributed by atoms with Crippen LogP contribution in [0.2, 0.25) is 0 Å². The molecule has 0 spiro atoms. The minimum atomic E-state index is -3.63. The molecule has 0 radical (unpaired) electrons. The summed E-state index contributed by atoms with van der Waals surface area (Å²) in [5, 5.41) is 6.21. The molecule has 4 rings (SSSR count). The number of methoxy groups -OCH3 is 3. The van der Waals surface area contributed by atoms with Crippen LogP contribution in [0.3, 0.4) is 0 Å². The Hall–Kier alpha value is -3.06. The molecule has 1 amide bonds. The standard InChI is InChI=1S/C26H35N3O8S/c1-33-22-15-18(16-23(34-2)25(22)35-3)24(26(30)27-17-20-5-4-12-37-20)28-19-6-8-21(9-7-19)38(31,32)29-10-13-36-14-11-29/h6-9,15-16,20,24,28H,4-5,10-14,17H2,1-3H3,(H,27,30). The molecule has 0 aromatic heterocycles. The Kier molecular flexibility index (Phi) is 9.31. The van der Waals surface area contributed by atoms with E-state index in [2.05, 4.69) is 10.6 Å². The third-order valence-electron chi connectivity index (χ3n) is 6.58. The maximum Gasteiger partial charge on any atom is 0.247 e. The highest BCUT2D eigenvalue weighted by Crippen LogP contribution is 2.40. The molecule has 2 saturated heterocycles. The van der Waals surface area contributed by atoms with E-state index in [-0.39, 0.29) is 16.9 Å². The van der Waals surface area contributed by atoms with Crippen molar-refractivity contribution in [3.8, 4) is 17.2 Å². The Morgan fingerprint density at radius 2 is 1.68 bits per heavy atom. The molecule has 208 valence electrons. The van der Waals surface area contributed by atoms with E-state index in [9.17, 15) is 13.2 Å². The van der Waals surface area contributed by atoms with Gasteiger partial charge in [0.15, 0.2) is 11.5 Å². The van der Waals surface area contributed by atoms with Gasteiger partial charge in [-0.2, -0.15) is 4.31 Å². The molecule has 2 heterocycles. The number of rotatable bonds is 11. The Bertz CT molecular complexity index is 1170. The molecule has 38 heavy (non-hydrogen) atoms. The van der Waals surface area contributed by atoms with Crippen molar-refractivity contribution in [3.63, 3.8) is 0 Å². The predicted molar refractivity (Wildman–Crippen MR) is 140 cm³/mol. The van der Waals surface area contributed by atoms with Gasteiger partial charge in [0.25, 0.3) is 0 Å². The molecule has 2 N–H and O–H groups in total. The summed E-state index contributed by atoms with van der Waals surface area (Å²) in [5.74, 6) is 0.954. The van der Waals surface area contributed by atoms with Gasteiger partial charge in [0.1, 0.15) is 6.04 Å². The van der Waals surface area contributed by atoms with Crippen LogP contribution in [0.4, 0.5) is 5.69 Å². The summed E-state index contributed by atoms with van der Waals surface area (Å²) in [4.78, 5) is 13.6. The number of nitrogens with zero attached hydrogens (tertiary/aromatic N) is 1. The lowest BCUT2D eigenvalue weighted by Gasteiger charge is -2.26. The van der Waals surface area contributed by atoms with Crippen LogP contribution in [0.25, 0.3) is 0 Å². The first-order valence-electron chi connectivity index (χ1n) is 12.5. The van der Waals surface area contributed by atoms with E-state index < -0.39 is 16.1 Å². The van der Waals surface area contributed by atoms with Gasteiger partial charge in [-0.1, -0.05) is 0 Å². The zero-order valence-corrected chi connectivity index (χ0v) is 22.7. The molecule has 2 fully saturated rings. The molecule has 0 aliphatic carbocycles. The number of carbonyl (C=O) groups is 1. The number of hydrogen-bond acceptors (Lipinski definition) is 9. The number of hydrogen-bond donors (Lipinski definition) is 2. The summed E-state index contributed by atoms with van der Waals surface area (Å²) in [6.07, 6.45) is 1.83. The molecule has 2 aromatic rings. The van der Waals surface area contributed by atoms with E-state index >= 15 is 0 Å². The second-order valence-electron chi connectivity index (χ2n) is 8.96. The van der Waals surface area contributed by atoms with E-state index in [4.69, 9.17) is 23.7 Å². The van der Waals surface area contributed by atoms with Gasteiger partial charge in [0.05, 0.1) is 45.5 Å². The predicted octanol–water partition coefficient (Wildman–Crippen LogP) is 2.18. The van der Waals surface area contributed by atoms with Gasteiger partial charge >= 0.3 is 0 Å². The number of nitrogens with one attached hydrogen (secondary N) is 2. The molecule has 2 atom stereocenters. The van der Waals surface area contributed by atoms with Gasteiger partial charge in [-0.15, -0.1) is 0 Å². The van der Waals surface area contributed by atoms with Gasteiger partial charge < -0.3 is 34.3 Å². The number of ether oxygens (including phenoxy) is 5. The lowest BCUT2D eigenvalue weighted by atomic mass is 10.0. The number of anilines is 1. The summed E-state index contributed by atoms with van der Waals surface area (Å²) in [6.45, 7) is 2.45. The third-order valence-corrected chi connectivity index (χ3v) is 8.50. The van der Waals surface area contributed by atoms with Crippen LogP contribution in [0.5, 0.6) is 17.2 Å². The summed E-state index contributed by atoms with van der Waals surface area (Å²) in [5.41, 5.74) is 1.14.